The molecule has 0 spiro atoms. The minimum atomic E-state index is -0.0486. The van der Waals surface area contributed by atoms with Crippen molar-refractivity contribution in [2.45, 2.75) is 20.4 Å². The van der Waals surface area contributed by atoms with E-state index in [0.717, 1.165) is 38.1 Å². The van der Waals surface area contributed by atoms with Gasteiger partial charge >= 0.3 is 0 Å². The average molecular weight is 417 g/mol. The van der Waals surface area contributed by atoms with Crippen LogP contribution in [0.1, 0.15) is 18.2 Å². The Balaban J connectivity index is 1.52. The number of carbonyl (C=O) groups is 1. The van der Waals surface area contributed by atoms with E-state index in [4.69, 9.17) is 0 Å². The predicted octanol–water partition coefficient (Wildman–Crippen LogP) is 4.35. The van der Waals surface area contributed by atoms with E-state index in [1.54, 1.807) is 23.7 Å². The molecule has 0 unspecified atom stereocenters. The Morgan fingerprint density at radius 3 is 2.63 bits per heavy atom. The van der Waals surface area contributed by atoms with Gasteiger partial charge in [0.15, 0.2) is 0 Å². The van der Waals surface area contributed by atoms with Gasteiger partial charge in [-0.1, -0.05) is 12.1 Å². The molecule has 30 heavy (non-hydrogen) atoms. The Hall–Kier alpha value is -3.65. The lowest BCUT2D eigenvalue weighted by Gasteiger charge is -2.07. The first kappa shape index (κ1) is 19.7. The Morgan fingerprint density at radius 1 is 1.07 bits per heavy atom. The van der Waals surface area contributed by atoms with Crippen LogP contribution in [0.2, 0.25) is 0 Å². The second kappa shape index (κ2) is 8.79. The van der Waals surface area contributed by atoms with Gasteiger partial charge in [0.1, 0.15) is 5.01 Å². The van der Waals surface area contributed by atoms with Crippen LogP contribution in [0.25, 0.3) is 21.1 Å². The van der Waals surface area contributed by atoms with Gasteiger partial charge in [-0.3, -0.25) is 9.78 Å². The maximum atomic E-state index is 11.0. The van der Waals surface area contributed by atoms with Crippen LogP contribution in [0, 0.1) is 6.92 Å². The highest BCUT2D eigenvalue weighted by Gasteiger charge is 2.13. The first-order valence-electron chi connectivity index (χ1n) is 9.40. The lowest BCUT2D eigenvalue weighted by molar-refractivity contribution is -0.119. The van der Waals surface area contributed by atoms with E-state index in [1.165, 1.54) is 6.92 Å². The van der Waals surface area contributed by atoms with E-state index in [2.05, 4.69) is 30.6 Å². The highest BCUT2D eigenvalue weighted by molar-refractivity contribution is 7.18. The van der Waals surface area contributed by atoms with Crippen LogP contribution in [-0.2, 0) is 11.3 Å². The number of thiazole rings is 1. The number of carbonyl (C=O) groups excluding carboxylic acids is 1. The van der Waals surface area contributed by atoms with E-state index >= 15 is 0 Å². The van der Waals surface area contributed by atoms with Crippen molar-refractivity contribution in [3.8, 4) is 21.1 Å². The van der Waals surface area contributed by atoms with Crippen molar-refractivity contribution in [1.82, 2.24) is 25.3 Å². The molecule has 4 rings (SSSR count). The maximum Gasteiger partial charge on any atom is 0.227 e. The molecule has 2 N–H and O–H groups in total. The zero-order valence-corrected chi connectivity index (χ0v) is 17.4. The number of aromatic nitrogens is 4. The lowest BCUT2D eigenvalue weighted by Crippen LogP contribution is -2.18. The van der Waals surface area contributed by atoms with Crippen LogP contribution in [0.3, 0.4) is 0 Å². The van der Waals surface area contributed by atoms with Gasteiger partial charge in [-0.2, -0.15) is 0 Å². The topological polar surface area (TPSA) is 92.7 Å². The Morgan fingerprint density at radius 2 is 1.90 bits per heavy atom. The zero-order chi connectivity index (χ0) is 20.9. The zero-order valence-electron chi connectivity index (χ0n) is 16.6. The van der Waals surface area contributed by atoms with Crippen molar-refractivity contribution in [2.24, 2.45) is 0 Å². The molecule has 0 saturated heterocycles. The van der Waals surface area contributed by atoms with E-state index in [-0.39, 0.29) is 5.91 Å². The molecule has 0 aliphatic heterocycles. The summed E-state index contributed by atoms with van der Waals surface area (Å²) in [6.45, 7) is 3.99. The van der Waals surface area contributed by atoms with E-state index in [0.29, 0.717) is 12.5 Å². The van der Waals surface area contributed by atoms with Crippen LogP contribution >= 0.6 is 11.3 Å². The Labute approximate surface area is 178 Å². The molecule has 0 bridgehead atoms. The summed E-state index contributed by atoms with van der Waals surface area (Å²) in [7, 11) is 0. The van der Waals surface area contributed by atoms with Crippen LogP contribution in [0.4, 0.5) is 11.6 Å². The molecule has 3 aromatic heterocycles. The molecule has 8 heteroatoms. The number of nitrogens with one attached hydrogen (secondary N) is 2. The number of aryl methyl sites for hydroxylation is 1. The smallest absolute Gasteiger partial charge is 0.227 e. The monoisotopic (exact) mass is 416 g/mol. The van der Waals surface area contributed by atoms with Crippen LogP contribution < -0.4 is 10.6 Å². The number of nitrogens with zero attached hydrogens (tertiary/aromatic N) is 4. The van der Waals surface area contributed by atoms with Gasteiger partial charge in [-0.05, 0) is 42.8 Å². The van der Waals surface area contributed by atoms with Crippen LogP contribution in [0.15, 0.2) is 61.1 Å². The Bertz CT molecular complexity index is 1160. The van der Waals surface area contributed by atoms with Gasteiger partial charge in [0.2, 0.25) is 11.9 Å². The van der Waals surface area contributed by atoms with E-state index < -0.39 is 0 Å². The molecule has 0 fully saturated rings. The third-order valence-electron chi connectivity index (χ3n) is 4.34. The van der Waals surface area contributed by atoms with Gasteiger partial charge in [0.05, 0.1) is 16.3 Å². The van der Waals surface area contributed by atoms with Crippen molar-refractivity contribution in [3.05, 3.63) is 72.3 Å². The minimum Gasteiger partial charge on any atom is -0.352 e. The number of pyridine rings is 1. The normalized spacial score (nSPS) is 10.6. The second-order valence-corrected chi connectivity index (χ2v) is 7.67. The second-order valence-electron chi connectivity index (χ2n) is 6.67. The largest absolute Gasteiger partial charge is 0.352 e. The van der Waals surface area contributed by atoms with E-state index in [1.807, 2.05) is 55.6 Å². The first-order valence-corrected chi connectivity index (χ1v) is 10.2. The number of hydrogen-bond acceptors (Lipinski definition) is 7. The summed E-state index contributed by atoms with van der Waals surface area (Å²) in [5, 5.41) is 6.93. The van der Waals surface area contributed by atoms with Gasteiger partial charge in [-0.25, -0.2) is 15.0 Å². The maximum absolute atomic E-state index is 11.0. The standard InChI is InChI=1S/C22H20N6OS/c1-14-20(30-21(26-14)17-4-3-10-23-13-17)19-9-11-24-22(28-19)27-18-7-5-16(6-8-18)12-25-15(2)29/h3-11,13H,12H2,1-2H3,(H,25,29)(H,24,27,28). The molecule has 0 aliphatic carbocycles. The molecule has 0 atom stereocenters. The number of rotatable bonds is 6. The lowest BCUT2D eigenvalue weighted by atomic mass is 10.2. The molecular weight excluding hydrogens is 396 g/mol. The molecule has 150 valence electrons. The third-order valence-corrected chi connectivity index (χ3v) is 5.57. The van der Waals surface area contributed by atoms with Gasteiger partial charge in [-0.15, -0.1) is 11.3 Å². The van der Waals surface area contributed by atoms with Crippen molar-refractivity contribution >= 4 is 28.9 Å². The highest BCUT2D eigenvalue weighted by Crippen LogP contribution is 2.34. The van der Waals surface area contributed by atoms with Crippen molar-refractivity contribution in [2.75, 3.05) is 5.32 Å². The average Bonchev–Trinajstić information content (AvgIpc) is 3.16. The molecule has 0 saturated carbocycles. The fourth-order valence-electron chi connectivity index (χ4n) is 2.85. The van der Waals surface area contributed by atoms with Crippen molar-refractivity contribution in [3.63, 3.8) is 0 Å². The molecule has 0 aliphatic rings. The number of amides is 1. The first-order chi connectivity index (χ1) is 14.6. The number of benzene rings is 1. The summed E-state index contributed by atoms with van der Waals surface area (Å²) < 4.78 is 0. The minimum absolute atomic E-state index is 0.0486. The molecule has 3 heterocycles. The summed E-state index contributed by atoms with van der Waals surface area (Å²) in [6.07, 6.45) is 5.29. The molecule has 0 radical (unpaired) electrons. The number of hydrogen-bond donors (Lipinski definition) is 2. The highest BCUT2D eigenvalue weighted by atomic mass is 32.1. The van der Waals surface area contributed by atoms with Gasteiger partial charge in [0, 0.05) is 43.3 Å². The SMILES string of the molecule is CC(=O)NCc1ccc(Nc2nccc(-c3sc(-c4cccnc4)nc3C)n2)cc1. The van der Waals surface area contributed by atoms with Crippen molar-refractivity contribution < 1.29 is 4.79 Å². The fourth-order valence-corrected chi connectivity index (χ4v) is 3.88. The molecule has 4 aromatic rings. The molecule has 1 amide bonds. The summed E-state index contributed by atoms with van der Waals surface area (Å²) in [5.74, 6) is 0.463. The van der Waals surface area contributed by atoms with Crippen LogP contribution in [-0.4, -0.2) is 25.8 Å². The fraction of sp³-hybridized carbons (Fsp3) is 0.136. The van der Waals surface area contributed by atoms with Gasteiger partial charge < -0.3 is 10.6 Å². The third kappa shape index (κ3) is 4.66. The summed E-state index contributed by atoms with van der Waals surface area (Å²) >= 11 is 1.59. The van der Waals surface area contributed by atoms with E-state index in [9.17, 15) is 4.79 Å². The molecular formula is C22H20N6OS. The molecule has 1 aromatic carbocycles. The molecule has 7 nitrogen and oxygen atoms in total. The quantitative estimate of drug-likeness (QED) is 0.485. The summed E-state index contributed by atoms with van der Waals surface area (Å²) in [4.78, 5) is 29.9. The predicted molar refractivity (Wildman–Crippen MR) is 118 cm³/mol. The van der Waals surface area contributed by atoms with Crippen LogP contribution in [0.5, 0.6) is 0 Å². The number of anilines is 2. The summed E-state index contributed by atoms with van der Waals surface area (Å²) in [5.41, 5.74) is 4.62. The summed E-state index contributed by atoms with van der Waals surface area (Å²) in [6, 6.07) is 13.6. The van der Waals surface area contributed by atoms with Crippen molar-refractivity contribution in [1.29, 1.82) is 0 Å². The Kier molecular flexibility index (Phi) is 5.76. The van der Waals surface area contributed by atoms with Gasteiger partial charge in [0.25, 0.3) is 0 Å².